The fourth-order valence-corrected chi connectivity index (χ4v) is 3.83. The van der Waals surface area contributed by atoms with Gasteiger partial charge in [-0.05, 0) is 50.2 Å². The highest BCUT2D eigenvalue weighted by Crippen LogP contribution is 2.31. The number of fused-ring (bicyclic) bond motifs is 1. The van der Waals surface area contributed by atoms with E-state index >= 15 is 0 Å². The molecule has 2 fully saturated rings. The normalized spacial score (nSPS) is 21.6. The molecular formula is C18H23ClN4. The van der Waals surface area contributed by atoms with Crippen LogP contribution in [0.1, 0.15) is 12.8 Å². The molecule has 23 heavy (non-hydrogen) atoms. The van der Waals surface area contributed by atoms with Crippen molar-refractivity contribution in [1.82, 2.24) is 15.2 Å². The summed E-state index contributed by atoms with van der Waals surface area (Å²) in [5.41, 5.74) is 8.80. The lowest BCUT2D eigenvalue weighted by molar-refractivity contribution is 0.316. The second kappa shape index (κ2) is 6.10. The van der Waals surface area contributed by atoms with E-state index in [1.807, 2.05) is 18.2 Å². The molecule has 1 aromatic carbocycles. The van der Waals surface area contributed by atoms with Gasteiger partial charge in [-0.2, -0.15) is 0 Å². The smallest absolute Gasteiger partial charge is 0.0683 e. The van der Waals surface area contributed by atoms with Crippen LogP contribution >= 0.6 is 11.6 Å². The van der Waals surface area contributed by atoms with Crippen molar-refractivity contribution in [3.63, 3.8) is 0 Å². The number of likely N-dealkylation sites (tertiary alicyclic amines) is 1. The minimum absolute atomic E-state index is 0.775. The van der Waals surface area contributed by atoms with Crippen molar-refractivity contribution in [2.45, 2.75) is 12.8 Å². The molecule has 0 radical (unpaired) electrons. The summed E-state index contributed by atoms with van der Waals surface area (Å²) in [6, 6.07) is 8.03. The van der Waals surface area contributed by atoms with Gasteiger partial charge in [0.05, 0.1) is 17.9 Å². The van der Waals surface area contributed by atoms with E-state index in [0.717, 1.165) is 30.3 Å². The maximum Gasteiger partial charge on any atom is 0.0683 e. The number of hydrogen-bond acceptors (Lipinski definition) is 4. The van der Waals surface area contributed by atoms with E-state index in [1.165, 1.54) is 42.9 Å². The number of hydrazine groups is 1. The van der Waals surface area contributed by atoms with Gasteiger partial charge in [-0.25, -0.2) is 0 Å². The molecule has 0 aliphatic carbocycles. The van der Waals surface area contributed by atoms with Crippen molar-refractivity contribution in [3.05, 3.63) is 52.3 Å². The van der Waals surface area contributed by atoms with Crippen LogP contribution in [0.25, 0.3) is 0 Å². The minimum Gasteiger partial charge on any atom is -0.373 e. The van der Waals surface area contributed by atoms with Crippen LogP contribution in [0.15, 0.2) is 47.3 Å². The maximum atomic E-state index is 6.15. The number of anilines is 1. The summed E-state index contributed by atoms with van der Waals surface area (Å²) in [4.78, 5) is 4.96. The van der Waals surface area contributed by atoms with Crippen molar-refractivity contribution >= 4 is 17.3 Å². The molecule has 122 valence electrons. The van der Waals surface area contributed by atoms with E-state index in [1.54, 1.807) is 0 Å². The van der Waals surface area contributed by atoms with E-state index in [-0.39, 0.29) is 0 Å². The Bertz CT molecular complexity index is 661. The molecule has 5 heteroatoms. The van der Waals surface area contributed by atoms with E-state index in [2.05, 4.69) is 39.4 Å². The summed E-state index contributed by atoms with van der Waals surface area (Å²) in [6.45, 7) is 5.39. The van der Waals surface area contributed by atoms with Crippen LogP contribution < -0.4 is 10.4 Å². The van der Waals surface area contributed by atoms with Crippen molar-refractivity contribution in [2.24, 2.45) is 0 Å². The second-order valence-electron chi connectivity index (χ2n) is 6.58. The molecule has 0 bridgehead atoms. The van der Waals surface area contributed by atoms with Crippen molar-refractivity contribution in [3.8, 4) is 0 Å². The molecule has 4 rings (SSSR count). The first-order chi connectivity index (χ1) is 11.2. The molecule has 1 N–H and O–H groups in total. The lowest BCUT2D eigenvalue weighted by Gasteiger charge is -2.30. The van der Waals surface area contributed by atoms with Gasteiger partial charge in [-0.3, -0.25) is 15.3 Å². The molecule has 3 heterocycles. The number of nitrogens with zero attached hydrogens (tertiary/aromatic N) is 3. The molecule has 3 aliphatic heterocycles. The summed E-state index contributed by atoms with van der Waals surface area (Å²) in [7, 11) is 2.20. The van der Waals surface area contributed by atoms with Gasteiger partial charge >= 0.3 is 0 Å². The zero-order valence-corrected chi connectivity index (χ0v) is 14.3. The Labute approximate surface area is 143 Å². The fraction of sp³-hybridized carbons (Fsp3) is 0.444. The van der Waals surface area contributed by atoms with Crippen LogP contribution in [0.4, 0.5) is 5.69 Å². The van der Waals surface area contributed by atoms with Gasteiger partial charge in [0.25, 0.3) is 0 Å². The second-order valence-corrected chi connectivity index (χ2v) is 7.02. The first kappa shape index (κ1) is 14.9. The largest absolute Gasteiger partial charge is 0.373 e. The monoisotopic (exact) mass is 330 g/mol. The van der Waals surface area contributed by atoms with Crippen LogP contribution in [-0.4, -0.2) is 49.6 Å². The predicted molar refractivity (Wildman–Crippen MR) is 95.3 cm³/mol. The lowest BCUT2D eigenvalue weighted by Crippen LogP contribution is -2.33. The molecular weight excluding hydrogens is 308 g/mol. The highest BCUT2D eigenvalue weighted by Gasteiger charge is 2.30. The Balaban J connectivity index is 1.60. The highest BCUT2D eigenvalue weighted by molar-refractivity contribution is 6.30. The molecule has 1 aromatic rings. The minimum atomic E-state index is 0.775. The number of likely N-dealkylation sites (N-methyl/N-ethyl adjacent to an activating group) is 1. The highest BCUT2D eigenvalue weighted by atomic mass is 35.5. The standard InChI is InChI=1S/C18H23ClN4/c1-21-10-7-17-16(18(21)13-22-8-2-3-9-22)12-23(20-17)15-6-4-5-14(19)11-15/h4-7,11,20H,2-3,8-10,12-13H2,1H3. The average molecular weight is 331 g/mol. The summed E-state index contributed by atoms with van der Waals surface area (Å²) in [5, 5.41) is 2.97. The third-order valence-corrected chi connectivity index (χ3v) is 5.20. The molecule has 0 spiro atoms. The zero-order valence-electron chi connectivity index (χ0n) is 13.6. The van der Waals surface area contributed by atoms with Crippen molar-refractivity contribution in [2.75, 3.05) is 44.8 Å². The molecule has 0 saturated carbocycles. The average Bonchev–Trinajstić information content (AvgIpc) is 3.19. The Hall–Kier alpha value is -1.65. The van der Waals surface area contributed by atoms with Gasteiger partial charge < -0.3 is 4.90 Å². The first-order valence-electron chi connectivity index (χ1n) is 8.36. The van der Waals surface area contributed by atoms with Gasteiger partial charge in [-0.15, -0.1) is 0 Å². The van der Waals surface area contributed by atoms with E-state index in [0.29, 0.717) is 0 Å². The van der Waals surface area contributed by atoms with Crippen LogP contribution in [0.2, 0.25) is 5.02 Å². The van der Waals surface area contributed by atoms with Gasteiger partial charge in [0.1, 0.15) is 0 Å². The quantitative estimate of drug-likeness (QED) is 0.920. The van der Waals surface area contributed by atoms with Gasteiger partial charge in [0.15, 0.2) is 0 Å². The number of rotatable bonds is 3. The molecule has 0 amide bonds. The van der Waals surface area contributed by atoms with Crippen LogP contribution in [-0.2, 0) is 0 Å². The Morgan fingerprint density at radius 3 is 2.83 bits per heavy atom. The van der Waals surface area contributed by atoms with Crippen molar-refractivity contribution in [1.29, 1.82) is 0 Å². The number of hydrogen-bond donors (Lipinski definition) is 1. The fourth-order valence-electron chi connectivity index (χ4n) is 3.65. The molecule has 0 aromatic heterocycles. The Morgan fingerprint density at radius 1 is 1.22 bits per heavy atom. The van der Waals surface area contributed by atoms with Gasteiger partial charge in [0.2, 0.25) is 0 Å². The topological polar surface area (TPSA) is 21.8 Å². The number of halogens is 1. The van der Waals surface area contributed by atoms with Crippen molar-refractivity contribution < 1.29 is 0 Å². The molecule has 2 saturated heterocycles. The Morgan fingerprint density at radius 2 is 2.04 bits per heavy atom. The molecule has 0 atom stereocenters. The van der Waals surface area contributed by atoms with Crippen LogP contribution in [0, 0.1) is 0 Å². The number of nitrogens with one attached hydrogen (secondary N) is 1. The lowest BCUT2D eigenvalue weighted by atomic mass is 10.1. The molecule has 4 nitrogen and oxygen atoms in total. The Kier molecular flexibility index (Phi) is 3.95. The van der Waals surface area contributed by atoms with Crippen LogP contribution in [0.3, 0.4) is 0 Å². The van der Waals surface area contributed by atoms with E-state index in [4.69, 9.17) is 11.6 Å². The van der Waals surface area contributed by atoms with Crippen LogP contribution in [0.5, 0.6) is 0 Å². The van der Waals surface area contributed by atoms with E-state index in [9.17, 15) is 0 Å². The third-order valence-electron chi connectivity index (χ3n) is 4.97. The van der Waals surface area contributed by atoms with E-state index < -0.39 is 0 Å². The first-order valence-corrected chi connectivity index (χ1v) is 8.74. The summed E-state index contributed by atoms with van der Waals surface area (Å²) in [6.07, 6.45) is 4.96. The summed E-state index contributed by atoms with van der Waals surface area (Å²) in [5.74, 6) is 0. The van der Waals surface area contributed by atoms with Gasteiger partial charge in [-0.1, -0.05) is 17.7 Å². The zero-order chi connectivity index (χ0) is 15.8. The predicted octanol–water partition coefficient (Wildman–Crippen LogP) is 2.84. The summed E-state index contributed by atoms with van der Waals surface area (Å²) < 4.78 is 0. The molecule has 3 aliphatic rings. The summed E-state index contributed by atoms with van der Waals surface area (Å²) >= 11 is 6.15. The SMILES string of the molecule is CN1CC=C2NN(c3cccc(Cl)c3)CC2=C1CN1CCCC1. The van der Waals surface area contributed by atoms with Gasteiger partial charge in [0, 0.05) is 36.4 Å². The molecule has 0 unspecified atom stereocenters. The maximum absolute atomic E-state index is 6.15. The third kappa shape index (κ3) is 2.93. The number of benzene rings is 1.